The lowest BCUT2D eigenvalue weighted by Gasteiger charge is -2.38. The first kappa shape index (κ1) is 10.7. The number of carboxylic acid groups (broad SMARTS) is 1. The van der Waals surface area contributed by atoms with Crippen molar-refractivity contribution in [1.82, 2.24) is 4.37 Å². The average Bonchev–Trinajstić information content (AvgIpc) is 2.58. The number of benzene rings is 1. The van der Waals surface area contributed by atoms with E-state index >= 15 is 0 Å². The van der Waals surface area contributed by atoms with Crippen LogP contribution in [0, 0.1) is 6.92 Å². The van der Waals surface area contributed by atoms with Gasteiger partial charge in [-0.25, -0.2) is 0 Å². The van der Waals surface area contributed by atoms with E-state index in [1.165, 1.54) is 11.5 Å². The van der Waals surface area contributed by atoms with Crippen molar-refractivity contribution in [3.05, 3.63) is 29.5 Å². The zero-order valence-electron chi connectivity index (χ0n) is 9.56. The number of hydrogen-bond acceptors (Lipinski definition) is 3. The Morgan fingerprint density at radius 2 is 2.24 bits per heavy atom. The van der Waals surface area contributed by atoms with Gasteiger partial charge in [-0.2, -0.15) is 4.37 Å². The van der Waals surface area contributed by atoms with Crippen molar-refractivity contribution in [2.24, 2.45) is 0 Å². The van der Waals surface area contributed by atoms with Crippen LogP contribution in [0.2, 0.25) is 0 Å². The van der Waals surface area contributed by atoms with E-state index in [4.69, 9.17) is 0 Å². The van der Waals surface area contributed by atoms with E-state index < -0.39 is 11.4 Å². The summed E-state index contributed by atoms with van der Waals surface area (Å²) in [5.41, 5.74) is 1.29. The number of hydrogen-bond donors (Lipinski definition) is 1. The van der Waals surface area contributed by atoms with Crippen molar-refractivity contribution in [2.45, 2.75) is 31.6 Å². The van der Waals surface area contributed by atoms with E-state index in [0.29, 0.717) is 0 Å². The molecule has 17 heavy (non-hydrogen) atoms. The SMILES string of the molecule is Cc1nsc2ccc(C3(C(=O)O)CCC3)cc12. The van der Waals surface area contributed by atoms with Crippen molar-refractivity contribution < 1.29 is 9.90 Å². The van der Waals surface area contributed by atoms with Gasteiger partial charge in [0.25, 0.3) is 0 Å². The molecule has 2 aromatic rings. The van der Waals surface area contributed by atoms with E-state index in [1.54, 1.807) is 0 Å². The molecule has 1 aliphatic carbocycles. The van der Waals surface area contributed by atoms with Crippen LogP contribution in [0.3, 0.4) is 0 Å². The van der Waals surface area contributed by atoms with Crippen LogP contribution in [-0.2, 0) is 10.2 Å². The number of carbonyl (C=O) groups is 1. The van der Waals surface area contributed by atoms with E-state index in [2.05, 4.69) is 4.37 Å². The molecule has 3 nitrogen and oxygen atoms in total. The monoisotopic (exact) mass is 247 g/mol. The van der Waals surface area contributed by atoms with Crippen LogP contribution < -0.4 is 0 Å². The molecular weight excluding hydrogens is 234 g/mol. The summed E-state index contributed by atoms with van der Waals surface area (Å²) in [4.78, 5) is 11.5. The van der Waals surface area contributed by atoms with Gasteiger partial charge >= 0.3 is 5.97 Å². The summed E-state index contributed by atoms with van der Waals surface area (Å²) in [6, 6.07) is 5.97. The Labute approximate surface area is 103 Å². The molecular formula is C13H13NO2S. The van der Waals surface area contributed by atoms with Gasteiger partial charge in [-0.15, -0.1) is 0 Å². The second-order valence-electron chi connectivity index (χ2n) is 4.72. The van der Waals surface area contributed by atoms with Crippen molar-refractivity contribution in [1.29, 1.82) is 0 Å². The third kappa shape index (κ3) is 1.40. The summed E-state index contributed by atoms with van der Waals surface area (Å²) in [7, 11) is 0. The molecule has 1 aliphatic rings. The van der Waals surface area contributed by atoms with Crippen LogP contribution in [0.1, 0.15) is 30.5 Å². The van der Waals surface area contributed by atoms with Crippen molar-refractivity contribution in [2.75, 3.05) is 0 Å². The molecule has 0 unspecified atom stereocenters. The summed E-state index contributed by atoms with van der Waals surface area (Å²) in [5, 5.41) is 10.5. The smallest absolute Gasteiger partial charge is 0.314 e. The van der Waals surface area contributed by atoms with Gasteiger partial charge in [0, 0.05) is 5.39 Å². The van der Waals surface area contributed by atoms with Gasteiger partial charge in [-0.05, 0) is 49.0 Å². The summed E-state index contributed by atoms with van der Waals surface area (Å²) in [6.07, 6.45) is 2.51. The Hall–Kier alpha value is -1.42. The summed E-state index contributed by atoms with van der Waals surface area (Å²) >= 11 is 1.47. The molecule has 1 N–H and O–H groups in total. The Bertz CT molecular complexity index is 598. The first-order chi connectivity index (χ1) is 8.13. The maximum absolute atomic E-state index is 11.5. The topological polar surface area (TPSA) is 50.2 Å². The molecule has 88 valence electrons. The summed E-state index contributed by atoms with van der Waals surface area (Å²) in [6.45, 7) is 1.97. The highest BCUT2D eigenvalue weighted by Crippen LogP contribution is 2.45. The lowest BCUT2D eigenvalue weighted by molar-refractivity contribution is -0.147. The van der Waals surface area contributed by atoms with Crippen molar-refractivity contribution in [3.63, 3.8) is 0 Å². The van der Waals surface area contributed by atoms with Crippen molar-refractivity contribution in [3.8, 4) is 0 Å². The Morgan fingerprint density at radius 3 is 2.82 bits per heavy atom. The number of aryl methyl sites for hydroxylation is 1. The summed E-state index contributed by atoms with van der Waals surface area (Å²) < 4.78 is 5.43. The zero-order chi connectivity index (χ0) is 12.0. The summed E-state index contributed by atoms with van der Waals surface area (Å²) in [5.74, 6) is -0.691. The second-order valence-corrected chi connectivity index (χ2v) is 5.52. The van der Waals surface area contributed by atoms with Crippen molar-refractivity contribution >= 4 is 27.6 Å². The molecule has 0 atom stereocenters. The fourth-order valence-corrected chi connectivity index (χ4v) is 3.28. The molecule has 0 saturated heterocycles. The highest BCUT2D eigenvalue weighted by atomic mass is 32.1. The van der Waals surface area contributed by atoms with Gasteiger partial charge in [0.1, 0.15) is 0 Å². The zero-order valence-corrected chi connectivity index (χ0v) is 10.4. The van der Waals surface area contributed by atoms with Gasteiger partial charge in [-0.3, -0.25) is 4.79 Å². The third-order valence-electron chi connectivity index (χ3n) is 3.82. The third-order valence-corrected chi connectivity index (χ3v) is 4.74. The standard InChI is InChI=1S/C13H13NO2S/c1-8-10-7-9(3-4-11(10)17-14-8)13(12(15)16)5-2-6-13/h3-4,7H,2,5-6H2,1H3,(H,15,16). The molecule has 0 spiro atoms. The minimum absolute atomic E-state index is 0.636. The fraction of sp³-hybridized carbons (Fsp3) is 0.385. The molecule has 4 heteroatoms. The Kier molecular flexibility index (Phi) is 2.23. The number of fused-ring (bicyclic) bond motifs is 1. The van der Waals surface area contributed by atoms with Crippen LogP contribution >= 0.6 is 11.5 Å². The second kappa shape index (κ2) is 3.53. The van der Waals surface area contributed by atoms with Crippen LogP contribution in [-0.4, -0.2) is 15.4 Å². The first-order valence-corrected chi connectivity index (χ1v) is 6.51. The number of aliphatic carboxylic acids is 1. The minimum atomic E-state index is -0.691. The van der Waals surface area contributed by atoms with Gasteiger partial charge < -0.3 is 5.11 Å². The van der Waals surface area contributed by atoms with E-state index in [9.17, 15) is 9.90 Å². The van der Waals surface area contributed by atoms with Crippen LogP contribution in [0.5, 0.6) is 0 Å². The molecule has 1 saturated carbocycles. The average molecular weight is 247 g/mol. The fourth-order valence-electron chi connectivity index (χ4n) is 2.51. The van der Waals surface area contributed by atoms with Crippen LogP contribution in [0.15, 0.2) is 18.2 Å². The Morgan fingerprint density at radius 1 is 1.47 bits per heavy atom. The van der Waals surface area contributed by atoms with Gasteiger partial charge in [0.2, 0.25) is 0 Å². The van der Waals surface area contributed by atoms with Crippen LogP contribution in [0.25, 0.3) is 10.1 Å². The van der Waals surface area contributed by atoms with Gasteiger partial charge in [-0.1, -0.05) is 12.5 Å². The largest absolute Gasteiger partial charge is 0.481 e. The predicted octanol–water partition coefficient (Wildman–Crippen LogP) is 3.11. The molecule has 0 radical (unpaired) electrons. The maximum atomic E-state index is 11.5. The molecule has 0 amide bonds. The molecule has 0 bridgehead atoms. The molecule has 1 aromatic carbocycles. The number of nitrogens with zero attached hydrogens (tertiary/aromatic N) is 1. The molecule has 1 heterocycles. The quantitative estimate of drug-likeness (QED) is 0.887. The minimum Gasteiger partial charge on any atom is -0.481 e. The lowest BCUT2D eigenvalue weighted by atomic mass is 9.64. The normalized spacial score (nSPS) is 17.9. The molecule has 1 aromatic heterocycles. The van der Waals surface area contributed by atoms with E-state index in [-0.39, 0.29) is 0 Å². The molecule has 1 fully saturated rings. The van der Waals surface area contributed by atoms with Gasteiger partial charge in [0.05, 0.1) is 15.8 Å². The Balaban J connectivity index is 2.17. The highest BCUT2D eigenvalue weighted by molar-refractivity contribution is 7.13. The van der Waals surface area contributed by atoms with E-state index in [1.807, 2.05) is 25.1 Å². The first-order valence-electron chi connectivity index (χ1n) is 5.73. The van der Waals surface area contributed by atoms with E-state index in [0.717, 1.165) is 40.6 Å². The molecule has 3 rings (SSSR count). The highest BCUT2D eigenvalue weighted by Gasteiger charge is 2.45. The lowest BCUT2D eigenvalue weighted by Crippen LogP contribution is -2.42. The number of rotatable bonds is 2. The molecule has 0 aliphatic heterocycles. The predicted molar refractivity (Wildman–Crippen MR) is 67.5 cm³/mol. The number of carboxylic acids is 1. The number of aromatic nitrogens is 1. The van der Waals surface area contributed by atoms with Crippen LogP contribution in [0.4, 0.5) is 0 Å². The van der Waals surface area contributed by atoms with Gasteiger partial charge in [0.15, 0.2) is 0 Å². The maximum Gasteiger partial charge on any atom is 0.314 e.